The van der Waals surface area contributed by atoms with E-state index in [9.17, 15) is 13.2 Å². The van der Waals surface area contributed by atoms with Gasteiger partial charge in [0.15, 0.2) is 11.5 Å². The Labute approximate surface area is 208 Å². The quantitative estimate of drug-likeness (QED) is 0.193. The molecule has 4 N–H and O–H groups in total. The predicted molar refractivity (Wildman–Crippen MR) is 128 cm³/mol. The minimum Gasteiger partial charge on any atom is -0.455 e. The first-order chi connectivity index (χ1) is 17.5. The second-order valence-corrected chi connectivity index (χ2v) is 8.01. The first kappa shape index (κ1) is 25.7. The summed E-state index contributed by atoms with van der Waals surface area (Å²) in [6, 6.07) is 21.0. The molecule has 0 bridgehead atoms. The number of hydrogen-bond acceptors (Lipinski definition) is 4. The van der Waals surface area contributed by atoms with E-state index >= 15 is 13.2 Å². The molecule has 0 spiro atoms. The molecule has 4 aromatic rings. The summed E-state index contributed by atoms with van der Waals surface area (Å²) in [5.41, 5.74) is 4.19. The lowest BCUT2D eigenvalue weighted by Crippen LogP contribution is -2.53. The number of anilines is 2. The van der Waals surface area contributed by atoms with Gasteiger partial charge in [-0.25, -0.2) is 4.39 Å². The van der Waals surface area contributed by atoms with Crippen molar-refractivity contribution in [2.24, 2.45) is 0 Å². The van der Waals surface area contributed by atoms with Gasteiger partial charge in [-0.2, -0.15) is 22.0 Å². The van der Waals surface area contributed by atoms with E-state index in [1.54, 1.807) is 12.1 Å². The molecule has 0 radical (unpaired) electrons. The molecule has 4 aromatic carbocycles. The summed E-state index contributed by atoms with van der Waals surface area (Å²) in [7, 11) is 0. The van der Waals surface area contributed by atoms with E-state index in [-0.39, 0.29) is 22.9 Å². The molecule has 10 heteroatoms. The molecule has 37 heavy (non-hydrogen) atoms. The van der Waals surface area contributed by atoms with Crippen molar-refractivity contribution in [2.75, 3.05) is 11.5 Å². The van der Waals surface area contributed by atoms with Crippen molar-refractivity contribution < 1.29 is 35.8 Å². The zero-order chi connectivity index (χ0) is 26.8. The summed E-state index contributed by atoms with van der Waals surface area (Å²) in [4.78, 5) is 0. The molecule has 0 aromatic heterocycles. The van der Waals surface area contributed by atoms with Crippen LogP contribution in [0.25, 0.3) is 0 Å². The minimum absolute atomic E-state index is 0.0349. The Morgan fingerprint density at radius 1 is 0.486 bits per heavy atom. The highest BCUT2D eigenvalue weighted by Crippen LogP contribution is 2.59. The number of ether oxygens (including phenoxy) is 2. The topological polar surface area (TPSA) is 70.5 Å². The highest BCUT2D eigenvalue weighted by atomic mass is 19.4. The Balaban J connectivity index is 2.03. The Morgan fingerprint density at radius 3 is 1.22 bits per heavy atom. The fraction of sp³-hybridized carbons (Fsp3) is 0.111. The third-order valence-electron chi connectivity index (χ3n) is 5.55. The van der Waals surface area contributed by atoms with Gasteiger partial charge in [0.1, 0.15) is 11.5 Å². The molecule has 192 valence electrons. The first-order valence-electron chi connectivity index (χ1n) is 10.8. The molecule has 0 aliphatic rings. The smallest absolute Gasteiger partial charge is 0.455 e. The van der Waals surface area contributed by atoms with E-state index in [1.165, 1.54) is 60.7 Å². The zero-order valence-corrected chi connectivity index (χ0v) is 19.0. The fourth-order valence-corrected chi connectivity index (χ4v) is 3.77. The van der Waals surface area contributed by atoms with E-state index in [2.05, 4.69) is 0 Å². The lowest BCUT2D eigenvalue weighted by atomic mass is 9.80. The lowest BCUT2D eigenvalue weighted by Gasteiger charge is -2.37. The molecule has 0 aliphatic carbocycles. The molecule has 0 aliphatic heterocycles. The van der Waals surface area contributed by atoms with Crippen molar-refractivity contribution in [2.45, 2.75) is 17.8 Å². The second-order valence-electron chi connectivity index (χ2n) is 8.01. The zero-order valence-electron chi connectivity index (χ0n) is 19.0. The van der Waals surface area contributed by atoms with Crippen LogP contribution >= 0.6 is 0 Å². The Morgan fingerprint density at radius 2 is 0.865 bits per heavy atom. The number of nitrogens with two attached hydrogens (primary N) is 2. The maximum Gasteiger partial charge on any atom is 0.457 e. The highest BCUT2D eigenvalue weighted by Gasteiger charge is 2.74. The largest absolute Gasteiger partial charge is 0.457 e. The van der Waals surface area contributed by atoms with Gasteiger partial charge in [0.05, 0.1) is 11.4 Å². The van der Waals surface area contributed by atoms with Gasteiger partial charge in [-0.05, 0) is 36.4 Å². The second kappa shape index (κ2) is 9.61. The number of para-hydroxylation sites is 4. The fourth-order valence-electron chi connectivity index (χ4n) is 3.77. The van der Waals surface area contributed by atoms with E-state index < -0.39 is 40.4 Å². The van der Waals surface area contributed by atoms with Crippen molar-refractivity contribution in [3.63, 3.8) is 0 Å². The number of hydrogen-bond donors (Lipinski definition) is 2. The predicted octanol–water partition coefficient (Wildman–Crippen LogP) is 7.85. The summed E-state index contributed by atoms with van der Waals surface area (Å²) in [5, 5.41) is 0. The molecule has 0 saturated carbocycles. The van der Waals surface area contributed by atoms with Gasteiger partial charge in [-0.3, -0.25) is 0 Å². The first-order valence-corrected chi connectivity index (χ1v) is 10.8. The van der Waals surface area contributed by atoms with Crippen LogP contribution in [0.1, 0.15) is 11.1 Å². The molecule has 4 nitrogen and oxygen atoms in total. The number of halogens is 6. The SMILES string of the molecule is Nc1cccc(C(F)(c2cccc(N)c2Oc2ccccc2)C(F)(F)C(F)(F)F)c1Oc1ccccc1. The van der Waals surface area contributed by atoms with Crippen LogP contribution in [0.15, 0.2) is 97.1 Å². The van der Waals surface area contributed by atoms with Crippen LogP contribution in [0, 0.1) is 0 Å². The molecule has 0 atom stereocenters. The van der Waals surface area contributed by atoms with E-state index in [0.29, 0.717) is 0 Å². The van der Waals surface area contributed by atoms with Gasteiger partial charge in [0.25, 0.3) is 0 Å². The van der Waals surface area contributed by atoms with Gasteiger partial charge in [-0.15, -0.1) is 0 Å². The Bertz CT molecular complexity index is 1290. The molecule has 0 saturated heterocycles. The van der Waals surface area contributed by atoms with Crippen LogP contribution in [0.5, 0.6) is 23.0 Å². The summed E-state index contributed by atoms with van der Waals surface area (Å²) < 4.78 is 101. The van der Waals surface area contributed by atoms with Gasteiger partial charge in [-0.1, -0.05) is 60.7 Å². The molecule has 4 rings (SSSR count). The molecular formula is C27H20F6N2O2. The van der Waals surface area contributed by atoms with E-state index in [4.69, 9.17) is 20.9 Å². The standard InChI is InChI=1S/C27H20F6N2O2/c28-25(26(29,30)27(31,32)33,19-13-7-15-21(34)23(19)36-17-9-3-1-4-10-17)20-14-8-16-22(35)24(20)37-18-11-5-2-6-12-18/h1-16H,34-35H2. The van der Waals surface area contributed by atoms with Gasteiger partial charge in [0, 0.05) is 11.1 Å². The van der Waals surface area contributed by atoms with Crippen molar-refractivity contribution in [3.8, 4) is 23.0 Å². The highest BCUT2D eigenvalue weighted by molar-refractivity contribution is 5.67. The average Bonchev–Trinajstić information content (AvgIpc) is 2.86. The summed E-state index contributed by atoms with van der Waals surface area (Å²) in [6.45, 7) is 0. The van der Waals surface area contributed by atoms with Gasteiger partial charge >= 0.3 is 12.1 Å². The maximum atomic E-state index is 17.1. The van der Waals surface area contributed by atoms with Crippen LogP contribution in [0.4, 0.5) is 37.7 Å². The number of rotatable bonds is 7. The van der Waals surface area contributed by atoms with Crippen molar-refractivity contribution in [1.29, 1.82) is 0 Å². The lowest BCUT2D eigenvalue weighted by molar-refractivity contribution is -0.323. The molecule has 0 heterocycles. The van der Waals surface area contributed by atoms with Gasteiger partial charge in [0.2, 0.25) is 5.67 Å². The summed E-state index contributed by atoms with van der Waals surface area (Å²) in [6.07, 6.45) is -6.33. The van der Waals surface area contributed by atoms with Crippen LogP contribution in [0.2, 0.25) is 0 Å². The number of benzene rings is 4. The molecular weight excluding hydrogens is 498 g/mol. The minimum atomic E-state index is -6.33. The summed E-state index contributed by atoms with van der Waals surface area (Å²) in [5.74, 6) is -7.34. The molecule has 0 fully saturated rings. The Kier molecular flexibility index (Phi) is 6.68. The monoisotopic (exact) mass is 518 g/mol. The third-order valence-corrected chi connectivity index (χ3v) is 5.55. The van der Waals surface area contributed by atoms with Crippen molar-refractivity contribution in [1.82, 2.24) is 0 Å². The normalized spacial score (nSPS) is 12.3. The number of nitrogen functional groups attached to an aromatic ring is 2. The Hall–Kier alpha value is -4.34. The molecule has 0 unspecified atom stereocenters. The third kappa shape index (κ3) is 4.62. The summed E-state index contributed by atoms with van der Waals surface area (Å²) >= 11 is 0. The van der Waals surface area contributed by atoms with Crippen LogP contribution in [-0.4, -0.2) is 12.1 Å². The van der Waals surface area contributed by atoms with Gasteiger partial charge < -0.3 is 20.9 Å². The van der Waals surface area contributed by atoms with Crippen molar-refractivity contribution in [3.05, 3.63) is 108 Å². The van der Waals surface area contributed by atoms with Crippen LogP contribution < -0.4 is 20.9 Å². The van der Waals surface area contributed by atoms with Crippen molar-refractivity contribution >= 4 is 11.4 Å². The maximum absolute atomic E-state index is 17.1. The van der Waals surface area contributed by atoms with E-state index in [0.717, 1.165) is 24.3 Å². The average molecular weight is 518 g/mol. The van der Waals surface area contributed by atoms with Crippen LogP contribution in [0.3, 0.4) is 0 Å². The number of alkyl halides is 6. The van der Waals surface area contributed by atoms with E-state index in [1.807, 2.05) is 0 Å². The van der Waals surface area contributed by atoms with Crippen LogP contribution in [-0.2, 0) is 5.67 Å². The molecule has 0 amide bonds.